The zero-order valence-corrected chi connectivity index (χ0v) is 10.6. The van der Waals surface area contributed by atoms with E-state index in [-0.39, 0.29) is 6.10 Å². The molecule has 0 saturated carbocycles. The van der Waals surface area contributed by atoms with Gasteiger partial charge in [-0.05, 0) is 39.2 Å². The molecule has 0 bridgehead atoms. The molecule has 0 aromatic carbocycles. The topological polar surface area (TPSA) is 23.5 Å². The lowest BCUT2D eigenvalue weighted by atomic mass is 10.0. The van der Waals surface area contributed by atoms with Crippen LogP contribution in [0.2, 0.25) is 0 Å². The largest absolute Gasteiger partial charge is 0.392 e. The summed E-state index contributed by atoms with van der Waals surface area (Å²) in [6.45, 7) is 7.70. The molecule has 0 aromatic heterocycles. The third kappa shape index (κ3) is 3.46. The molecule has 1 heterocycles. The molecule has 3 atom stereocenters. The first-order valence-electron chi connectivity index (χ1n) is 6.64. The van der Waals surface area contributed by atoms with E-state index in [1.165, 1.54) is 38.6 Å². The van der Waals surface area contributed by atoms with Gasteiger partial charge in [-0.25, -0.2) is 0 Å². The van der Waals surface area contributed by atoms with Gasteiger partial charge < -0.3 is 5.11 Å². The van der Waals surface area contributed by atoms with Gasteiger partial charge in [-0.3, -0.25) is 4.90 Å². The second-order valence-corrected chi connectivity index (χ2v) is 4.87. The van der Waals surface area contributed by atoms with Crippen LogP contribution in [-0.2, 0) is 0 Å². The van der Waals surface area contributed by atoms with E-state index in [0.717, 1.165) is 6.42 Å². The molecule has 1 fully saturated rings. The molecule has 0 spiro atoms. The van der Waals surface area contributed by atoms with Gasteiger partial charge in [0.15, 0.2) is 0 Å². The summed E-state index contributed by atoms with van der Waals surface area (Å²) in [6.07, 6.45) is 7.28. The Morgan fingerprint density at radius 3 is 2.60 bits per heavy atom. The number of likely N-dealkylation sites (tertiary alicyclic amines) is 1. The molecular weight excluding hydrogens is 186 g/mol. The van der Waals surface area contributed by atoms with Crippen molar-refractivity contribution in [2.45, 2.75) is 77.5 Å². The summed E-state index contributed by atoms with van der Waals surface area (Å²) in [5.41, 5.74) is 0. The first-order chi connectivity index (χ1) is 7.20. The van der Waals surface area contributed by atoms with Crippen molar-refractivity contribution in [2.24, 2.45) is 0 Å². The van der Waals surface area contributed by atoms with Crippen LogP contribution < -0.4 is 0 Å². The van der Waals surface area contributed by atoms with Crippen molar-refractivity contribution in [3.8, 4) is 0 Å². The average molecular weight is 213 g/mol. The van der Waals surface area contributed by atoms with Gasteiger partial charge in [0, 0.05) is 12.1 Å². The Hall–Kier alpha value is -0.0800. The maximum atomic E-state index is 9.94. The van der Waals surface area contributed by atoms with E-state index < -0.39 is 0 Å². The zero-order chi connectivity index (χ0) is 11.3. The van der Waals surface area contributed by atoms with Crippen molar-refractivity contribution in [3.63, 3.8) is 0 Å². The van der Waals surface area contributed by atoms with Gasteiger partial charge in [-0.1, -0.05) is 26.7 Å². The molecule has 0 aliphatic carbocycles. The minimum atomic E-state index is -0.155. The fraction of sp³-hybridized carbons (Fsp3) is 1.00. The molecule has 1 N–H and O–H groups in total. The second kappa shape index (κ2) is 6.49. The summed E-state index contributed by atoms with van der Waals surface area (Å²) < 4.78 is 0. The fourth-order valence-electron chi connectivity index (χ4n) is 2.74. The predicted octanol–water partition coefficient (Wildman–Crippen LogP) is 2.80. The van der Waals surface area contributed by atoms with Crippen LogP contribution in [0.4, 0.5) is 0 Å². The summed E-state index contributed by atoms with van der Waals surface area (Å²) >= 11 is 0. The lowest BCUT2D eigenvalue weighted by Gasteiger charge is -2.37. The molecule has 15 heavy (non-hydrogen) atoms. The molecule has 0 aromatic rings. The highest BCUT2D eigenvalue weighted by molar-refractivity contribution is 4.82. The minimum Gasteiger partial charge on any atom is -0.392 e. The lowest BCUT2D eigenvalue weighted by molar-refractivity contribution is 0.0311. The van der Waals surface area contributed by atoms with Crippen LogP contribution >= 0.6 is 0 Å². The summed E-state index contributed by atoms with van der Waals surface area (Å²) in [6, 6.07) is 1.03. The van der Waals surface area contributed by atoms with E-state index in [4.69, 9.17) is 0 Å². The van der Waals surface area contributed by atoms with Crippen LogP contribution in [0.25, 0.3) is 0 Å². The fourth-order valence-corrected chi connectivity index (χ4v) is 2.74. The highest BCUT2D eigenvalue weighted by atomic mass is 16.3. The van der Waals surface area contributed by atoms with Crippen LogP contribution in [0.15, 0.2) is 0 Å². The highest BCUT2D eigenvalue weighted by Crippen LogP contribution is 2.23. The van der Waals surface area contributed by atoms with E-state index in [0.29, 0.717) is 12.1 Å². The standard InChI is InChI=1S/C13H27NO/c1-4-12-9-7-6-8-10-14(12)11(3)13(15)5-2/h11-13,15H,4-10H2,1-3H3. The number of hydrogen-bond acceptors (Lipinski definition) is 2. The Morgan fingerprint density at radius 1 is 1.27 bits per heavy atom. The van der Waals surface area contributed by atoms with Crippen LogP contribution in [0.3, 0.4) is 0 Å². The monoisotopic (exact) mass is 213 g/mol. The molecule has 1 aliphatic heterocycles. The number of aliphatic hydroxyl groups excluding tert-OH is 1. The van der Waals surface area contributed by atoms with Crippen LogP contribution in [0.1, 0.15) is 59.3 Å². The van der Waals surface area contributed by atoms with Crippen LogP contribution in [0.5, 0.6) is 0 Å². The normalized spacial score (nSPS) is 28.4. The molecule has 0 amide bonds. The van der Waals surface area contributed by atoms with Gasteiger partial charge in [0.1, 0.15) is 0 Å². The molecule has 1 saturated heterocycles. The predicted molar refractivity (Wildman–Crippen MR) is 65.0 cm³/mol. The number of hydrogen-bond donors (Lipinski definition) is 1. The summed E-state index contributed by atoms with van der Waals surface area (Å²) in [5, 5.41) is 9.94. The van der Waals surface area contributed by atoms with Crippen molar-refractivity contribution >= 4 is 0 Å². The van der Waals surface area contributed by atoms with E-state index in [9.17, 15) is 5.11 Å². The minimum absolute atomic E-state index is 0.155. The first kappa shape index (κ1) is 13.0. The smallest absolute Gasteiger partial charge is 0.0690 e. The van der Waals surface area contributed by atoms with Gasteiger partial charge in [-0.2, -0.15) is 0 Å². The molecule has 1 rings (SSSR count). The van der Waals surface area contributed by atoms with E-state index in [1.54, 1.807) is 0 Å². The molecule has 2 nitrogen and oxygen atoms in total. The average Bonchev–Trinajstić information content (AvgIpc) is 2.51. The zero-order valence-electron chi connectivity index (χ0n) is 10.6. The maximum absolute atomic E-state index is 9.94. The number of aliphatic hydroxyl groups is 1. The van der Waals surface area contributed by atoms with Crippen molar-refractivity contribution in [2.75, 3.05) is 6.54 Å². The van der Waals surface area contributed by atoms with E-state index in [1.807, 2.05) is 0 Å². The second-order valence-electron chi connectivity index (χ2n) is 4.87. The highest BCUT2D eigenvalue weighted by Gasteiger charge is 2.27. The Morgan fingerprint density at radius 2 is 2.00 bits per heavy atom. The summed E-state index contributed by atoms with van der Waals surface area (Å²) in [4.78, 5) is 2.54. The van der Waals surface area contributed by atoms with Gasteiger partial charge >= 0.3 is 0 Å². The number of nitrogens with zero attached hydrogens (tertiary/aromatic N) is 1. The van der Waals surface area contributed by atoms with Crippen molar-refractivity contribution in [1.29, 1.82) is 0 Å². The summed E-state index contributed by atoms with van der Waals surface area (Å²) in [5.74, 6) is 0. The Balaban J connectivity index is 2.60. The van der Waals surface area contributed by atoms with E-state index in [2.05, 4.69) is 25.7 Å². The van der Waals surface area contributed by atoms with Gasteiger partial charge in [0.25, 0.3) is 0 Å². The molecule has 1 aliphatic rings. The summed E-state index contributed by atoms with van der Waals surface area (Å²) in [7, 11) is 0. The van der Waals surface area contributed by atoms with Crippen molar-refractivity contribution < 1.29 is 5.11 Å². The van der Waals surface area contributed by atoms with Gasteiger partial charge in [0.2, 0.25) is 0 Å². The SMILES string of the molecule is CCC(O)C(C)N1CCCCCC1CC. The third-order valence-electron chi connectivity index (χ3n) is 3.89. The van der Waals surface area contributed by atoms with Crippen molar-refractivity contribution in [3.05, 3.63) is 0 Å². The molecule has 90 valence electrons. The Kier molecular flexibility index (Phi) is 5.62. The Bertz CT molecular complexity index is 172. The van der Waals surface area contributed by atoms with Gasteiger partial charge in [0.05, 0.1) is 6.10 Å². The third-order valence-corrected chi connectivity index (χ3v) is 3.89. The molecular formula is C13H27NO. The molecule has 3 unspecified atom stereocenters. The number of rotatable bonds is 4. The van der Waals surface area contributed by atoms with Crippen molar-refractivity contribution in [1.82, 2.24) is 4.90 Å². The Labute approximate surface area is 94.7 Å². The quantitative estimate of drug-likeness (QED) is 0.776. The van der Waals surface area contributed by atoms with Gasteiger partial charge in [-0.15, -0.1) is 0 Å². The lowest BCUT2D eigenvalue weighted by Crippen LogP contribution is -2.46. The maximum Gasteiger partial charge on any atom is 0.0690 e. The van der Waals surface area contributed by atoms with E-state index >= 15 is 0 Å². The van der Waals surface area contributed by atoms with Crippen LogP contribution in [-0.4, -0.2) is 34.7 Å². The first-order valence-corrected chi connectivity index (χ1v) is 6.64. The van der Waals surface area contributed by atoms with Crippen LogP contribution in [0, 0.1) is 0 Å². The molecule has 2 heteroatoms. The molecule has 0 radical (unpaired) electrons.